The molecule has 3 rings (SSSR count). The highest BCUT2D eigenvalue weighted by Gasteiger charge is 2.20. The molecule has 0 atom stereocenters. The average Bonchev–Trinajstić information content (AvgIpc) is 3.09. The molecule has 0 saturated carbocycles. The number of anilines is 2. The SMILES string of the molecule is CSc1ccc(S(=O)(=O)Nc2ccc3c(c2)OCO3)cc1NC(=O)C(C)C. The predicted molar refractivity (Wildman–Crippen MR) is 105 cm³/mol. The Balaban J connectivity index is 1.88. The first-order valence-electron chi connectivity index (χ1n) is 8.21. The van der Waals surface area contributed by atoms with Crippen molar-refractivity contribution in [2.75, 3.05) is 23.1 Å². The van der Waals surface area contributed by atoms with E-state index < -0.39 is 10.0 Å². The second-order valence-corrected chi connectivity index (χ2v) is 8.71. The summed E-state index contributed by atoms with van der Waals surface area (Å²) in [5, 5.41) is 2.78. The van der Waals surface area contributed by atoms with Crippen LogP contribution in [0.1, 0.15) is 13.8 Å². The molecular formula is C18H20N2O5S2. The van der Waals surface area contributed by atoms with Gasteiger partial charge in [0.25, 0.3) is 10.0 Å². The first-order chi connectivity index (χ1) is 12.8. The summed E-state index contributed by atoms with van der Waals surface area (Å²) in [4.78, 5) is 12.9. The molecule has 1 aliphatic rings. The number of thioether (sulfide) groups is 1. The van der Waals surface area contributed by atoms with Crippen LogP contribution in [0.5, 0.6) is 11.5 Å². The maximum Gasteiger partial charge on any atom is 0.261 e. The molecule has 7 nitrogen and oxygen atoms in total. The van der Waals surface area contributed by atoms with Gasteiger partial charge in [0.15, 0.2) is 11.5 Å². The van der Waals surface area contributed by atoms with Crippen LogP contribution in [-0.4, -0.2) is 27.4 Å². The van der Waals surface area contributed by atoms with Gasteiger partial charge < -0.3 is 14.8 Å². The first kappa shape index (κ1) is 19.4. The number of sulfonamides is 1. The van der Waals surface area contributed by atoms with E-state index >= 15 is 0 Å². The monoisotopic (exact) mass is 408 g/mol. The maximum absolute atomic E-state index is 12.8. The minimum atomic E-state index is -3.84. The molecule has 1 heterocycles. The fourth-order valence-corrected chi connectivity index (χ4v) is 4.01. The molecule has 0 bridgehead atoms. The van der Waals surface area contributed by atoms with E-state index in [1.165, 1.54) is 23.9 Å². The van der Waals surface area contributed by atoms with Crippen LogP contribution in [0.15, 0.2) is 46.2 Å². The van der Waals surface area contributed by atoms with Crippen LogP contribution in [0, 0.1) is 5.92 Å². The molecule has 1 amide bonds. The Bertz CT molecular complexity index is 974. The minimum absolute atomic E-state index is 0.0528. The normalized spacial score (nSPS) is 12.9. The highest BCUT2D eigenvalue weighted by Crippen LogP contribution is 2.35. The lowest BCUT2D eigenvalue weighted by atomic mass is 10.2. The summed E-state index contributed by atoms with van der Waals surface area (Å²) in [5.41, 5.74) is 0.829. The number of carbonyl (C=O) groups is 1. The maximum atomic E-state index is 12.8. The Labute approximate surface area is 162 Å². The molecule has 27 heavy (non-hydrogen) atoms. The Morgan fingerprint density at radius 3 is 2.56 bits per heavy atom. The molecule has 0 aromatic heterocycles. The van der Waals surface area contributed by atoms with Crippen LogP contribution in [0.2, 0.25) is 0 Å². The Morgan fingerprint density at radius 1 is 1.11 bits per heavy atom. The van der Waals surface area contributed by atoms with Gasteiger partial charge in [-0.1, -0.05) is 13.8 Å². The van der Waals surface area contributed by atoms with Gasteiger partial charge in [0.2, 0.25) is 12.7 Å². The summed E-state index contributed by atoms with van der Waals surface area (Å²) in [6.45, 7) is 3.66. The van der Waals surface area contributed by atoms with Crippen molar-refractivity contribution < 1.29 is 22.7 Å². The summed E-state index contributed by atoms with van der Waals surface area (Å²) < 4.78 is 38.6. The van der Waals surface area contributed by atoms with E-state index in [1.807, 2.05) is 6.26 Å². The van der Waals surface area contributed by atoms with Crippen molar-refractivity contribution in [1.29, 1.82) is 0 Å². The number of nitrogens with one attached hydrogen (secondary N) is 2. The van der Waals surface area contributed by atoms with E-state index in [2.05, 4.69) is 10.0 Å². The largest absolute Gasteiger partial charge is 0.454 e. The number of carbonyl (C=O) groups excluding carboxylic acids is 1. The third-order valence-electron chi connectivity index (χ3n) is 3.89. The molecule has 9 heteroatoms. The fourth-order valence-electron chi connectivity index (χ4n) is 2.40. The molecule has 0 spiro atoms. The minimum Gasteiger partial charge on any atom is -0.454 e. The number of hydrogen-bond acceptors (Lipinski definition) is 6. The van der Waals surface area contributed by atoms with Crippen molar-refractivity contribution in [2.45, 2.75) is 23.6 Å². The lowest BCUT2D eigenvalue weighted by Gasteiger charge is -2.14. The van der Waals surface area contributed by atoms with E-state index in [1.54, 1.807) is 38.1 Å². The summed E-state index contributed by atoms with van der Waals surface area (Å²) in [5.74, 6) is 0.661. The van der Waals surface area contributed by atoms with Crippen molar-refractivity contribution in [3.63, 3.8) is 0 Å². The number of hydrogen-bond donors (Lipinski definition) is 2. The van der Waals surface area contributed by atoms with Crippen LogP contribution < -0.4 is 19.5 Å². The molecule has 0 fully saturated rings. The van der Waals surface area contributed by atoms with Gasteiger partial charge in [-0.25, -0.2) is 8.42 Å². The molecule has 1 aliphatic heterocycles. The lowest BCUT2D eigenvalue weighted by molar-refractivity contribution is -0.118. The number of amides is 1. The molecule has 2 aromatic rings. The van der Waals surface area contributed by atoms with Gasteiger partial charge in [-0.3, -0.25) is 9.52 Å². The van der Waals surface area contributed by atoms with Crippen molar-refractivity contribution in [2.24, 2.45) is 5.92 Å². The molecule has 0 unspecified atom stereocenters. The number of ether oxygens (including phenoxy) is 2. The van der Waals surface area contributed by atoms with E-state index in [4.69, 9.17) is 9.47 Å². The quantitative estimate of drug-likeness (QED) is 0.710. The summed E-state index contributed by atoms with van der Waals surface area (Å²) in [7, 11) is -3.84. The van der Waals surface area contributed by atoms with Gasteiger partial charge in [0, 0.05) is 16.9 Å². The van der Waals surface area contributed by atoms with Gasteiger partial charge in [0.05, 0.1) is 16.3 Å². The number of fused-ring (bicyclic) bond motifs is 1. The van der Waals surface area contributed by atoms with Crippen LogP contribution >= 0.6 is 11.8 Å². The topological polar surface area (TPSA) is 93.7 Å². The van der Waals surface area contributed by atoms with Crippen molar-refractivity contribution >= 4 is 39.1 Å². The number of rotatable bonds is 6. The molecule has 0 radical (unpaired) electrons. The molecule has 2 N–H and O–H groups in total. The Morgan fingerprint density at radius 2 is 1.85 bits per heavy atom. The highest BCUT2D eigenvalue weighted by atomic mass is 32.2. The van der Waals surface area contributed by atoms with Gasteiger partial charge in [-0.2, -0.15) is 0 Å². The second kappa shape index (κ2) is 7.69. The molecule has 2 aromatic carbocycles. The van der Waals surface area contributed by atoms with Gasteiger partial charge in [0.1, 0.15) is 0 Å². The van der Waals surface area contributed by atoms with Crippen LogP contribution in [0.25, 0.3) is 0 Å². The zero-order chi connectivity index (χ0) is 19.6. The van der Waals surface area contributed by atoms with E-state index in [0.29, 0.717) is 22.9 Å². The summed E-state index contributed by atoms with van der Waals surface area (Å²) in [6.07, 6.45) is 1.86. The lowest BCUT2D eigenvalue weighted by Crippen LogP contribution is -2.19. The predicted octanol–water partition coefficient (Wildman–Crippen LogP) is 3.53. The zero-order valence-electron chi connectivity index (χ0n) is 15.1. The van der Waals surface area contributed by atoms with E-state index in [0.717, 1.165) is 4.90 Å². The van der Waals surface area contributed by atoms with Crippen molar-refractivity contribution in [3.05, 3.63) is 36.4 Å². The highest BCUT2D eigenvalue weighted by molar-refractivity contribution is 7.98. The zero-order valence-corrected chi connectivity index (χ0v) is 16.7. The molecule has 0 aliphatic carbocycles. The Hall–Kier alpha value is -2.39. The van der Waals surface area contributed by atoms with E-state index in [-0.39, 0.29) is 23.5 Å². The molecule has 0 saturated heterocycles. The van der Waals surface area contributed by atoms with E-state index in [9.17, 15) is 13.2 Å². The van der Waals surface area contributed by atoms with Crippen LogP contribution in [-0.2, 0) is 14.8 Å². The third kappa shape index (κ3) is 4.30. The van der Waals surface area contributed by atoms with Gasteiger partial charge in [-0.05, 0) is 36.6 Å². The van der Waals surface area contributed by atoms with Gasteiger partial charge >= 0.3 is 0 Å². The second-order valence-electron chi connectivity index (χ2n) is 6.18. The van der Waals surface area contributed by atoms with Gasteiger partial charge in [-0.15, -0.1) is 11.8 Å². The first-order valence-corrected chi connectivity index (χ1v) is 10.9. The van der Waals surface area contributed by atoms with Crippen LogP contribution in [0.4, 0.5) is 11.4 Å². The smallest absolute Gasteiger partial charge is 0.261 e. The van der Waals surface area contributed by atoms with Crippen molar-refractivity contribution in [1.82, 2.24) is 0 Å². The summed E-state index contributed by atoms with van der Waals surface area (Å²) in [6, 6.07) is 9.45. The third-order valence-corrected chi connectivity index (χ3v) is 6.06. The van der Waals surface area contributed by atoms with Crippen molar-refractivity contribution in [3.8, 4) is 11.5 Å². The van der Waals surface area contributed by atoms with Crippen LogP contribution in [0.3, 0.4) is 0 Å². The Kier molecular flexibility index (Phi) is 5.52. The average molecular weight is 409 g/mol. The summed E-state index contributed by atoms with van der Waals surface area (Å²) >= 11 is 1.43. The number of benzene rings is 2. The molecular weight excluding hydrogens is 388 g/mol. The fraction of sp³-hybridized carbons (Fsp3) is 0.278. The molecule has 144 valence electrons. The standard InChI is InChI=1S/C18H20N2O5S2/c1-11(2)18(21)19-14-9-13(5-7-17(14)26-3)27(22,23)20-12-4-6-15-16(8-12)25-10-24-15/h4-9,11,20H,10H2,1-3H3,(H,19,21).